The summed E-state index contributed by atoms with van der Waals surface area (Å²) in [7, 11) is 0. The maximum atomic E-state index is 13.8. The molecule has 1 N–H and O–H groups in total. The smallest absolute Gasteiger partial charge is 0.277 e. The number of hydrogen-bond acceptors (Lipinski definition) is 6. The summed E-state index contributed by atoms with van der Waals surface area (Å²) in [6.07, 6.45) is -0.634. The van der Waals surface area contributed by atoms with Crippen LogP contribution < -0.4 is 4.74 Å². The Hall–Kier alpha value is -3.13. The normalized spacial score (nSPS) is 13.3. The molecule has 0 spiro atoms. The van der Waals surface area contributed by atoms with Gasteiger partial charge in [0.25, 0.3) is 11.1 Å². The van der Waals surface area contributed by atoms with Crippen molar-refractivity contribution in [1.82, 2.24) is 15.2 Å². The Labute approximate surface area is 176 Å². The van der Waals surface area contributed by atoms with Gasteiger partial charge in [0.15, 0.2) is 23.5 Å². The predicted molar refractivity (Wildman–Crippen MR) is 112 cm³/mol. The van der Waals surface area contributed by atoms with Crippen LogP contribution in [0.25, 0.3) is 10.9 Å². The highest BCUT2D eigenvalue weighted by molar-refractivity contribution is 8.00. The van der Waals surface area contributed by atoms with E-state index < -0.39 is 17.2 Å². The number of aromatic nitrogens is 3. The minimum atomic E-state index is -0.634. The second-order valence-electron chi connectivity index (χ2n) is 6.89. The lowest BCUT2D eigenvalue weighted by atomic mass is 10.1. The average Bonchev–Trinajstić information content (AvgIpc) is 3.32. The number of ketones is 1. The van der Waals surface area contributed by atoms with Gasteiger partial charge in [0.05, 0.1) is 5.25 Å². The van der Waals surface area contributed by atoms with Crippen molar-refractivity contribution in [2.45, 2.75) is 37.3 Å². The van der Waals surface area contributed by atoms with Gasteiger partial charge in [0, 0.05) is 22.2 Å². The van der Waals surface area contributed by atoms with Gasteiger partial charge < -0.3 is 14.1 Å². The second kappa shape index (κ2) is 8.31. The molecular formula is C22H20FN3O3S. The first-order chi connectivity index (χ1) is 14.4. The van der Waals surface area contributed by atoms with Crippen molar-refractivity contribution in [3.8, 4) is 5.75 Å². The third-order valence-corrected chi connectivity index (χ3v) is 5.63. The molecule has 4 rings (SSSR count). The number of ether oxygens (including phenoxy) is 1. The summed E-state index contributed by atoms with van der Waals surface area (Å²) in [5.41, 5.74) is 2.42. The molecule has 0 bridgehead atoms. The Bertz CT molecular complexity index is 1200. The number of thioether (sulfide) groups is 1. The Morgan fingerprint density at radius 3 is 2.67 bits per heavy atom. The van der Waals surface area contributed by atoms with Crippen molar-refractivity contribution in [2.24, 2.45) is 0 Å². The number of H-pyrrole nitrogens is 1. The standard InChI is InChI=1S/C22H20FN3O3S/c1-12-19(15-8-4-6-10-17(15)24-12)20(27)14(3)30-22-26-25-21(29-22)13(2)28-18-11-7-5-9-16(18)23/h4-11,13-14,24H,1-3H3/t13-,14+/m1/s1. The SMILES string of the molecule is Cc1[nH]c2ccccc2c1C(=O)[C@H](C)Sc1nnc([C@@H](C)Oc2ccccc2F)o1. The lowest BCUT2D eigenvalue weighted by Gasteiger charge is -2.11. The Kier molecular flexibility index (Phi) is 5.59. The highest BCUT2D eigenvalue weighted by Gasteiger charge is 2.25. The van der Waals surface area contributed by atoms with E-state index in [4.69, 9.17) is 9.15 Å². The van der Waals surface area contributed by atoms with Gasteiger partial charge in [-0.2, -0.15) is 0 Å². The van der Waals surface area contributed by atoms with E-state index >= 15 is 0 Å². The predicted octanol–water partition coefficient (Wildman–Crippen LogP) is 5.50. The zero-order chi connectivity index (χ0) is 21.3. The highest BCUT2D eigenvalue weighted by atomic mass is 32.2. The first-order valence-electron chi connectivity index (χ1n) is 9.46. The third-order valence-electron chi connectivity index (χ3n) is 4.70. The number of rotatable bonds is 7. The fraction of sp³-hybridized carbons (Fsp3) is 0.227. The van der Waals surface area contributed by atoms with Crippen molar-refractivity contribution in [3.63, 3.8) is 0 Å². The minimum Gasteiger partial charge on any atom is -0.478 e. The van der Waals surface area contributed by atoms with E-state index in [9.17, 15) is 9.18 Å². The summed E-state index contributed by atoms with van der Waals surface area (Å²) >= 11 is 1.18. The van der Waals surface area contributed by atoms with Crippen molar-refractivity contribution in [3.05, 3.63) is 71.5 Å². The third kappa shape index (κ3) is 3.95. The number of para-hydroxylation sites is 2. The van der Waals surface area contributed by atoms with E-state index in [2.05, 4.69) is 15.2 Å². The second-order valence-corrected chi connectivity index (χ2v) is 8.18. The van der Waals surface area contributed by atoms with Gasteiger partial charge in [-0.15, -0.1) is 10.2 Å². The molecule has 0 aliphatic rings. The van der Waals surface area contributed by atoms with E-state index in [1.165, 1.54) is 23.9 Å². The quantitative estimate of drug-likeness (QED) is 0.311. The molecule has 0 saturated heterocycles. The Morgan fingerprint density at radius 2 is 1.87 bits per heavy atom. The molecular weight excluding hydrogens is 405 g/mol. The largest absolute Gasteiger partial charge is 0.478 e. The molecule has 0 radical (unpaired) electrons. The molecule has 2 aromatic carbocycles. The molecule has 6 nitrogen and oxygen atoms in total. The molecule has 0 aliphatic heterocycles. The molecule has 2 atom stereocenters. The van der Waals surface area contributed by atoms with Crippen LogP contribution in [0.1, 0.15) is 41.9 Å². The van der Waals surface area contributed by atoms with E-state index in [0.717, 1.165) is 16.6 Å². The average molecular weight is 425 g/mol. The van der Waals surface area contributed by atoms with Gasteiger partial charge in [-0.3, -0.25) is 4.79 Å². The van der Waals surface area contributed by atoms with Gasteiger partial charge in [-0.05, 0) is 39.0 Å². The number of aryl methyl sites for hydroxylation is 1. The number of carbonyl (C=O) groups excluding carboxylic acids is 1. The molecule has 0 fully saturated rings. The molecule has 0 amide bonds. The van der Waals surface area contributed by atoms with Crippen LogP contribution >= 0.6 is 11.8 Å². The van der Waals surface area contributed by atoms with E-state index in [1.807, 2.05) is 31.2 Å². The number of hydrogen-bond donors (Lipinski definition) is 1. The summed E-state index contributed by atoms with van der Waals surface area (Å²) in [6.45, 7) is 5.38. The van der Waals surface area contributed by atoms with Crippen LogP contribution in [0.4, 0.5) is 4.39 Å². The minimum absolute atomic E-state index is 0.0228. The molecule has 154 valence electrons. The summed E-state index contributed by atoms with van der Waals surface area (Å²) in [4.78, 5) is 16.3. The molecule has 2 heterocycles. The van der Waals surface area contributed by atoms with Crippen LogP contribution in [-0.4, -0.2) is 26.2 Å². The number of aromatic amines is 1. The van der Waals surface area contributed by atoms with Gasteiger partial charge in [-0.25, -0.2) is 4.39 Å². The number of Topliss-reactive ketones (excluding diaryl/α,β-unsaturated/α-hetero) is 1. The van der Waals surface area contributed by atoms with Gasteiger partial charge >= 0.3 is 0 Å². The lowest BCUT2D eigenvalue weighted by molar-refractivity contribution is 0.0994. The van der Waals surface area contributed by atoms with Gasteiger partial charge in [0.2, 0.25) is 0 Å². The number of halogens is 1. The molecule has 0 unspecified atom stereocenters. The van der Waals surface area contributed by atoms with Crippen LogP contribution in [0.3, 0.4) is 0 Å². The topological polar surface area (TPSA) is 81.0 Å². The molecule has 30 heavy (non-hydrogen) atoms. The molecule has 0 saturated carbocycles. The fourth-order valence-corrected chi connectivity index (χ4v) is 3.96. The van der Waals surface area contributed by atoms with Crippen LogP contribution in [0.15, 0.2) is 58.2 Å². The Balaban J connectivity index is 1.47. The maximum absolute atomic E-state index is 13.8. The van der Waals surface area contributed by atoms with Crippen molar-refractivity contribution in [2.75, 3.05) is 0 Å². The first-order valence-corrected chi connectivity index (χ1v) is 10.3. The molecule has 8 heteroatoms. The lowest BCUT2D eigenvalue weighted by Crippen LogP contribution is -2.14. The summed E-state index contributed by atoms with van der Waals surface area (Å²) in [5, 5.41) is 8.70. The molecule has 0 aliphatic carbocycles. The number of nitrogens with one attached hydrogen (secondary N) is 1. The summed E-state index contributed by atoms with van der Waals surface area (Å²) in [5.74, 6) is -0.170. The molecule has 4 aromatic rings. The van der Waals surface area contributed by atoms with Crippen molar-refractivity contribution in [1.29, 1.82) is 0 Å². The summed E-state index contributed by atoms with van der Waals surface area (Å²) in [6, 6.07) is 13.8. The number of fused-ring (bicyclic) bond motifs is 1. The van der Waals surface area contributed by atoms with Gasteiger partial charge in [0.1, 0.15) is 0 Å². The zero-order valence-corrected chi connectivity index (χ0v) is 17.5. The number of benzene rings is 2. The van der Waals surface area contributed by atoms with Crippen LogP contribution in [-0.2, 0) is 0 Å². The van der Waals surface area contributed by atoms with E-state index in [1.54, 1.807) is 26.0 Å². The Morgan fingerprint density at radius 1 is 1.13 bits per heavy atom. The van der Waals surface area contributed by atoms with Crippen LogP contribution in [0.5, 0.6) is 5.75 Å². The van der Waals surface area contributed by atoms with Gasteiger partial charge in [-0.1, -0.05) is 42.1 Å². The monoisotopic (exact) mass is 425 g/mol. The maximum Gasteiger partial charge on any atom is 0.277 e. The molecule has 2 aromatic heterocycles. The summed E-state index contributed by atoms with van der Waals surface area (Å²) < 4.78 is 25.0. The van der Waals surface area contributed by atoms with E-state index in [-0.39, 0.29) is 22.6 Å². The zero-order valence-electron chi connectivity index (χ0n) is 16.7. The fourth-order valence-electron chi connectivity index (χ4n) is 3.22. The van der Waals surface area contributed by atoms with Crippen LogP contribution in [0, 0.1) is 12.7 Å². The number of carbonyl (C=O) groups is 1. The number of nitrogens with zero attached hydrogens (tertiary/aromatic N) is 2. The van der Waals surface area contributed by atoms with E-state index in [0.29, 0.717) is 5.56 Å². The highest BCUT2D eigenvalue weighted by Crippen LogP contribution is 2.31. The van der Waals surface area contributed by atoms with Crippen molar-refractivity contribution >= 4 is 28.4 Å². The van der Waals surface area contributed by atoms with Crippen LogP contribution in [0.2, 0.25) is 0 Å². The first kappa shape index (κ1) is 20.2. The van der Waals surface area contributed by atoms with Crippen molar-refractivity contribution < 1.29 is 18.3 Å².